The van der Waals surface area contributed by atoms with Crippen molar-refractivity contribution < 1.29 is 19.0 Å². The Morgan fingerprint density at radius 3 is 2.09 bits per heavy atom. The minimum atomic E-state index is -0.334. The summed E-state index contributed by atoms with van der Waals surface area (Å²) < 4.78 is 16.9. The maximum Gasteiger partial charge on any atom is 0.306 e. The largest absolute Gasteiger partial charge is 0.496 e. The van der Waals surface area contributed by atoms with Gasteiger partial charge in [-0.05, 0) is 109 Å². The minimum absolute atomic E-state index is 0.00973. The van der Waals surface area contributed by atoms with Gasteiger partial charge in [0.25, 0.3) is 0 Å². The van der Waals surface area contributed by atoms with Crippen molar-refractivity contribution in [3.8, 4) is 11.5 Å². The lowest BCUT2D eigenvalue weighted by molar-refractivity contribution is -0.141. The van der Waals surface area contributed by atoms with Crippen molar-refractivity contribution in [3.63, 3.8) is 0 Å². The zero-order valence-electron chi connectivity index (χ0n) is 20.8. The molecule has 1 heterocycles. The molecule has 0 aromatic heterocycles. The second kappa shape index (κ2) is 9.97. The summed E-state index contributed by atoms with van der Waals surface area (Å²) in [7, 11) is 6.27. The molecule has 6 atom stereocenters. The van der Waals surface area contributed by atoms with E-state index in [1.54, 1.807) is 14.2 Å². The van der Waals surface area contributed by atoms with Gasteiger partial charge in [0, 0.05) is 5.92 Å². The number of esters is 1. The molecule has 0 N–H and O–H groups in total. The zero-order valence-corrected chi connectivity index (χ0v) is 22.7. The third kappa shape index (κ3) is 4.96. The highest BCUT2D eigenvalue weighted by Crippen LogP contribution is 2.52. The van der Waals surface area contributed by atoms with E-state index in [-0.39, 0.29) is 19.9 Å². The van der Waals surface area contributed by atoms with E-state index in [2.05, 4.69) is 59.5 Å². The molecule has 2 aromatic rings. The number of carbonyl (C=O) groups excluding carboxylic acids is 1. The molecule has 0 radical (unpaired) electrons. The van der Waals surface area contributed by atoms with Gasteiger partial charge in [-0.2, -0.15) is 0 Å². The monoisotopic (exact) mass is 484 g/mol. The standard InChI is InChI=1S/C26H35BO4P2/c1-14-7-18(8-15(2)25(14)29-5)32-23-12-22-20(11-24(28)31-22)21(23)13-33(27)19-9-16(3)26(30-6)17(4)10-19/h7-10,20-23,32H,11-13,27H2,1-6H3/t20-,21-,22+,23+,33?/m1/s1. The Labute approximate surface area is 202 Å². The molecule has 4 nitrogen and oxygen atoms in total. The highest BCUT2D eigenvalue weighted by Gasteiger charge is 2.50. The Morgan fingerprint density at radius 2 is 1.55 bits per heavy atom. The molecule has 33 heavy (non-hydrogen) atoms. The average Bonchev–Trinajstić information content (AvgIpc) is 3.24. The van der Waals surface area contributed by atoms with Gasteiger partial charge in [0.1, 0.15) is 25.2 Å². The van der Waals surface area contributed by atoms with Crippen LogP contribution in [0.25, 0.3) is 0 Å². The number of hydrogen-bond donors (Lipinski definition) is 0. The van der Waals surface area contributed by atoms with Crippen molar-refractivity contribution in [2.24, 2.45) is 11.8 Å². The molecule has 0 spiro atoms. The van der Waals surface area contributed by atoms with Crippen molar-refractivity contribution >= 4 is 40.5 Å². The van der Waals surface area contributed by atoms with Crippen LogP contribution < -0.4 is 20.1 Å². The summed E-state index contributed by atoms with van der Waals surface area (Å²) in [5, 5.41) is 2.82. The first-order valence-corrected chi connectivity index (χ1v) is 14.7. The Hall–Kier alpha value is -1.57. The van der Waals surface area contributed by atoms with Crippen LogP contribution in [0.1, 0.15) is 35.1 Å². The second-order valence-electron chi connectivity index (χ2n) is 9.68. The van der Waals surface area contributed by atoms with Crippen molar-refractivity contribution in [2.45, 2.75) is 52.3 Å². The molecule has 2 aliphatic rings. The maximum absolute atomic E-state index is 12.1. The van der Waals surface area contributed by atoms with Crippen LogP contribution in [0.15, 0.2) is 24.3 Å². The van der Waals surface area contributed by atoms with E-state index >= 15 is 0 Å². The van der Waals surface area contributed by atoms with Crippen LogP contribution in [-0.4, -0.2) is 45.7 Å². The van der Waals surface area contributed by atoms with Gasteiger partial charge in [0.05, 0.1) is 20.6 Å². The molecule has 0 bridgehead atoms. The number of carbonyl (C=O) groups is 1. The maximum atomic E-state index is 12.1. The highest BCUT2D eigenvalue weighted by molar-refractivity contribution is 7.88. The molecule has 176 valence electrons. The highest BCUT2D eigenvalue weighted by atomic mass is 31.1. The second-order valence-corrected chi connectivity index (χ2v) is 13.6. The van der Waals surface area contributed by atoms with Gasteiger partial charge in [-0.3, -0.25) is 4.79 Å². The normalized spacial score (nSPS) is 25.3. The number of fused-ring (bicyclic) bond motifs is 1. The van der Waals surface area contributed by atoms with Crippen LogP contribution in [0.4, 0.5) is 0 Å². The molecule has 0 amide bonds. The van der Waals surface area contributed by atoms with Crippen molar-refractivity contribution in [1.82, 2.24) is 0 Å². The minimum Gasteiger partial charge on any atom is -0.496 e. The van der Waals surface area contributed by atoms with Gasteiger partial charge in [-0.25, -0.2) is 0 Å². The van der Waals surface area contributed by atoms with Crippen LogP contribution in [0.2, 0.25) is 0 Å². The van der Waals surface area contributed by atoms with Crippen molar-refractivity contribution in [2.75, 3.05) is 20.4 Å². The lowest BCUT2D eigenvalue weighted by atomic mass is 9.95. The van der Waals surface area contributed by atoms with Crippen molar-refractivity contribution in [1.29, 1.82) is 0 Å². The van der Waals surface area contributed by atoms with E-state index in [1.165, 1.54) is 32.9 Å². The van der Waals surface area contributed by atoms with Gasteiger partial charge < -0.3 is 14.2 Å². The fraction of sp³-hybridized carbons (Fsp3) is 0.500. The topological polar surface area (TPSA) is 44.8 Å². The Bertz CT molecular complexity index is 1010. The Kier molecular flexibility index (Phi) is 7.42. The molecule has 2 unspecified atom stereocenters. The molecule has 2 aromatic carbocycles. The number of ether oxygens (including phenoxy) is 3. The number of methoxy groups -OCH3 is 2. The first-order valence-electron chi connectivity index (χ1n) is 11.7. The van der Waals surface area contributed by atoms with E-state index < -0.39 is 0 Å². The average molecular weight is 484 g/mol. The van der Waals surface area contributed by atoms with E-state index in [0.29, 0.717) is 23.9 Å². The van der Waals surface area contributed by atoms with Crippen molar-refractivity contribution in [3.05, 3.63) is 46.5 Å². The Balaban J connectivity index is 1.58. The number of benzene rings is 2. The van der Waals surface area contributed by atoms with Gasteiger partial charge in [0.15, 0.2) is 0 Å². The Morgan fingerprint density at radius 1 is 1.00 bits per heavy atom. The molecule has 7 heteroatoms. The van der Waals surface area contributed by atoms with Crippen LogP contribution in [-0.2, 0) is 9.53 Å². The van der Waals surface area contributed by atoms with E-state index in [4.69, 9.17) is 14.2 Å². The van der Waals surface area contributed by atoms with Gasteiger partial charge in [-0.1, -0.05) is 8.58 Å². The molecule has 1 aliphatic heterocycles. The lowest BCUT2D eigenvalue weighted by Crippen LogP contribution is -2.24. The SMILES string of the molecule is BP(C[C@@H]1[C@H]2CC(=O)O[C@H]2C[C@@H]1Pc1cc(C)c(OC)c(C)c1)c1cc(C)c(OC)c(C)c1. The summed E-state index contributed by atoms with van der Waals surface area (Å²) in [4.78, 5) is 12.1. The summed E-state index contributed by atoms with van der Waals surface area (Å²) in [5.41, 5.74) is 5.36. The van der Waals surface area contributed by atoms with E-state index in [0.717, 1.165) is 32.7 Å². The molecule has 1 saturated carbocycles. The van der Waals surface area contributed by atoms with E-state index in [9.17, 15) is 4.79 Å². The zero-order chi connectivity index (χ0) is 23.9. The molecular weight excluding hydrogens is 449 g/mol. The third-order valence-electron chi connectivity index (χ3n) is 7.31. The molecule has 2 fully saturated rings. The smallest absolute Gasteiger partial charge is 0.306 e. The quantitative estimate of drug-likeness (QED) is 0.340. The van der Waals surface area contributed by atoms with Crippen LogP contribution in [0.3, 0.4) is 0 Å². The number of aryl methyl sites for hydroxylation is 4. The molecule has 4 rings (SSSR count). The van der Waals surface area contributed by atoms with Crippen LogP contribution in [0.5, 0.6) is 11.5 Å². The predicted octanol–water partition coefficient (Wildman–Crippen LogP) is 3.92. The summed E-state index contributed by atoms with van der Waals surface area (Å²) in [5.74, 6) is 2.84. The summed E-state index contributed by atoms with van der Waals surface area (Å²) in [6, 6.07) is 9.17. The van der Waals surface area contributed by atoms with Gasteiger partial charge in [-0.15, -0.1) is 7.80 Å². The van der Waals surface area contributed by atoms with Crippen LogP contribution >= 0.6 is 16.4 Å². The fourth-order valence-corrected chi connectivity index (χ4v) is 10.2. The molecule has 1 aliphatic carbocycles. The van der Waals surface area contributed by atoms with Gasteiger partial charge >= 0.3 is 5.97 Å². The number of hydrogen-bond acceptors (Lipinski definition) is 4. The van der Waals surface area contributed by atoms with Gasteiger partial charge in [0.2, 0.25) is 0 Å². The van der Waals surface area contributed by atoms with E-state index in [1.807, 2.05) is 0 Å². The third-order valence-corrected chi connectivity index (χ3v) is 11.1. The predicted molar refractivity (Wildman–Crippen MR) is 143 cm³/mol. The number of rotatable bonds is 7. The summed E-state index contributed by atoms with van der Waals surface area (Å²) in [6.45, 7) is 8.52. The van der Waals surface area contributed by atoms with Crippen LogP contribution in [0, 0.1) is 39.5 Å². The first kappa shape index (κ1) is 24.6. The lowest BCUT2D eigenvalue weighted by Gasteiger charge is -2.28. The summed E-state index contributed by atoms with van der Waals surface area (Å²) in [6.07, 6.45) is 2.82. The summed E-state index contributed by atoms with van der Waals surface area (Å²) >= 11 is 0. The fourth-order valence-electron chi connectivity index (χ4n) is 5.89. The molecular formula is C26H35BO4P2. The molecule has 1 saturated heterocycles. The first-order chi connectivity index (χ1) is 15.7.